The zero-order valence-corrected chi connectivity index (χ0v) is 12.2. The summed E-state index contributed by atoms with van der Waals surface area (Å²) in [5, 5.41) is 2.89. The van der Waals surface area contributed by atoms with Gasteiger partial charge in [-0.15, -0.1) is 0 Å². The van der Waals surface area contributed by atoms with Crippen LogP contribution in [0.15, 0.2) is 22.7 Å². The Morgan fingerprint density at radius 2 is 2.33 bits per heavy atom. The summed E-state index contributed by atoms with van der Waals surface area (Å²) in [6.07, 6.45) is 1.08. The number of carbonyl (C=O) groups is 1. The van der Waals surface area contributed by atoms with Gasteiger partial charge in [0.15, 0.2) is 0 Å². The number of amides is 2. The Hall–Kier alpha value is -1.23. The molecule has 98 valence electrons. The summed E-state index contributed by atoms with van der Waals surface area (Å²) in [4.78, 5) is 13.9. The fourth-order valence-corrected chi connectivity index (χ4v) is 2.47. The largest absolute Gasteiger partial charge is 0.495 e. The first-order valence-electron chi connectivity index (χ1n) is 5.99. The van der Waals surface area contributed by atoms with Crippen LogP contribution in [-0.4, -0.2) is 31.1 Å². The summed E-state index contributed by atoms with van der Waals surface area (Å²) in [5.41, 5.74) is 0.750. The highest BCUT2D eigenvalue weighted by molar-refractivity contribution is 9.10. The Balaban J connectivity index is 2.03. The van der Waals surface area contributed by atoms with Crippen molar-refractivity contribution in [2.24, 2.45) is 5.92 Å². The van der Waals surface area contributed by atoms with E-state index in [0.717, 1.165) is 29.7 Å². The second-order valence-electron chi connectivity index (χ2n) is 4.62. The number of likely N-dealkylation sites (tertiary alicyclic amines) is 1. The molecule has 5 heteroatoms. The van der Waals surface area contributed by atoms with Crippen molar-refractivity contribution < 1.29 is 9.53 Å². The number of urea groups is 1. The molecule has 1 saturated heterocycles. The number of halogens is 1. The third-order valence-electron chi connectivity index (χ3n) is 3.11. The Morgan fingerprint density at radius 3 is 2.94 bits per heavy atom. The molecule has 0 aliphatic carbocycles. The van der Waals surface area contributed by atoms with Crippen molar-refractivity contribution in [3.63, 3.8) is 0 Å². The average molecular weight is 313 g/mol. The van der Waals surface area contributed by atoms with Crippen molar-refractivity contribution in [2.75, 3.05) is 25.5 Å². The van der Waals surface area contributed by atoms with E-state index in [1.54, 1.807) is 7.11 Å². The van der Waals surface area contributed by atoms with Gasteiger partial charge in [-0.3, -0.25) is 0 Å². The number of nitrogens with one attached hydrogen (secondary N) is 1. The maximum Gasteiger partial charge on any atom is 0.321 e. The minimum Gasteiger partial charge on any atom is -0.495 e. The van der Waals surface area contributed by atoms with Crippen LogP contribution in [0.3, 0.4) is 0 Å². The summed E-state index contributed by atoms with van der Waals surface area (Å²) in [5.74, 6) is 1.30. The van der Waals surface area contributed by atoms with E-state index in [4.69, 9.17) is 4.74 Å². The highest BCUT2D eigenvalue weighted by Gasteiger charge is 2.23. The van der Waals surface area contributed by atoms with Crippen LogP contribution in [0.5, 0.6) is 5.75 Å². The number of ether oxygens (including phenoxy) is 1. The van der Waals surface area contributed by atoms with Gasteiger partial charge in [0.25, 0.3) is 0 Å². The van der Waals surface area contributed by atoms with Gasteiger partial charge in [-0.1, -0.05) is 6.92 Å². The zero-order valence-electron chi connectivity index (χ0n) is 10.6. The third kappa shape index (κ3) is 2.96. The highest BCUT2D eigenvalue weighted by Crippen LogP contribution is 2.28. The van der Waals surface area contributed by atoms with Gasteiger partial charge in [0.1, 0.15) is 5.75 Å². The normalized spacial score (nSPS) is 18.8. The lowest BCUT2D eigenvalue weighted by molar-refractivity contribution is 0.221. The summed E-state index contributed by atoms with van der Waals surface area (Å²) >= 11 is 3.38. The molecule has 1 aliphatic heterocycles. The van der Waals surface area contributed by atoms with Gasteiger partial charge in [0.2, 0.25) is 0 Å². The monoisotopic (exact) mass is 312 g/mol. The molecule has 1 aromatic rings. The van der Waals surface area contributed by atoms with Crippen molar-refractivity contribution >= 4 is 27.6 Å². The van der Waals surface area contributed by atoms with Crippen LogP contribution in [0.4, 0.5) is 10.5 Å². The molecule has 1 aromatic carbocycles. The van der Waals surface area contributed by atoms with Crippen LogP contribution in [0.25, 0.3) is 0 Å². The predicted molar refractivity (Wildman–Crippen MR) is 75.1 cm³/mol. The Morgan fingerprint density at radius 1 is 1.56 bits per heavy atom. The van der Waals surface area contributed by atoms with E-state index in [1.165, 1.54) is 0 Å². The van der Waals surface area contributed by atoms with E-state index < -0.39 is 0 Å². The second-order valence-corrected chi connectivity index (χ2v) is 5.47. The van der Waals surface area contributed by atoms with Crippen molar-refractivity contribution in [1.82, 2.24) is 4.90 Å². The molecule has 0 aromatic heterocycles. The molecule has 1 unspecified atom stereocenters. The number of benzene rings is 1. The molecule has 0 spiro atoms. The molecule has 2 rings (SSSR count). The van der Waals surface area contributed by atoms with Gasteiger partial charge in [-0.2, -0.15) is 0 Å². The van der Waals surface area contributed by atoms with E-state index >= 15 is 0 Å². The summed E-state index contributed by atoms with van der Waals surface area (Å²) < 4.78 is 6.07. The van der Waals surface area contributed by atoms with E-state index in [1.807, 2.05) is 23.1 Å². The molecule has 2 amide bonds. The van der Waals surface area contributed by atoms with Gasteiger partial charge in [-0.25, -0.2) is 4.79 Å². The second kappa shape index (κ2) is 5.61. The summed E-state index contributed by atoms with van der Waals surface area (Å²) in [6.45, 7) is 3.83. The molecule has 0 bridgehead atoms. The zero-order chi connectivity index (χ0) is 13.1. The van der Waals surface area contributed by atoms with Gasteiger partial charge >= 0.3 is 6.03 Å². The van der Waals surface area contributed by atoms with Crippen molar-refractivity contribution in [3.05, 3.63) is 22.7 Å². The molecule has 1 N–H and O–H groups in total. The molecular weight excluding hydrogens is 296 g/mol. The van der Waals surface area contributed by atoms with Crippen molar-refractivity contribution in [2.45, 2.75) is 13.3 Å². The maximum absolute atomic E-state index is 12.0. The van der Waals surface area contributed by atoms with E-state index in [9.17, 15) is 4.79 Å². The average Bonchev–Trinajstić information content (AvgIpc) is 2.78. The molecule has 1 fully saturated rings. The van der Waals surface area contributed by atoms with Crippen LogP contribution >= 0.6 is 15.9 Å². The number of methoxy groups -OCH3 is 1. The van der Waals surface area contributed by atoms with E-state index in [2.05, 4.69) is 28.2 Å². The summed E-state index contributed by atoms with van der Waals surface area (Å²) in [7, 11) is 1.61. The van der Waals surface area contributed by atoms with Crippen LogP contribution < -0.4 is 10.1 Å². The Kier molecular flexibility index (Phi) is 4.11. The first-order chi connectivity index (χ1) is 8.60. The smallest absolute Gasteiger partial charge is 0.321 e. The topological polar surface area (TPSA) is 41.6 Å². The van der Waals surface area contributed by atoms with Crippen molar-refractivity contribution in [3.8, 4) is 5.75 Å². The maximum atomic E-state index is 12.0. The molecule has 1 atom stereocenters. The lowest BCUT2D eigenvalue weighted by Crippen LogP contribution is -2.32. The third-order valence-corrected chi connectivity index (χ3v) is 3.77. The highest BCUT2D eigenvalue weighted by atomic mass is 79.9. The molecule has 18 heavy (non-hydrogen) atoms. The van der Waals surface area contributed by atoms with Gasteiger partial charge in [-0.05, 0) is 40.4 Å². The molecular formula is C13H17BrN2O2. The molecule has 1 aliphatic rings. The first-order valence-corrected chi connectivity index (χ1v) is 6.79. The standard InChI is InChI=1S/C13H17BrN2O2/c1-9-5-6-16(8-9)13(17)15-10-3-4-11(14)12(7-10)18-2/h3-4,7,9H,5-6,8H2,1-2H3,(H,15,17). The molecule has 0 radical (unpaired) electrons. The lowest BCUT2D eigenvalue weighted by Gasteiger charge is -2.17. The van der Waals surface area contributed by atoms with E-state index in [-0.39, 0.29) is 6.03 Å². The fourth-order valence-electron chi connectivity index (χ4n) is 2.06. The predicted octanol–water partition coefficient (Wildman–Crippen LogP) is 3.33. The number of hydrogen-bond acceptors (Lipinski definition) is 2. The lowest BCUT2D eigenvalue weighted by atomic mass is 10.2. The number of hydrogen-bond donors (Lipinski definition) is 1. The van der Waals surface area contributed by atoms with Gasteiger partial charge in [0, 0.05) is 24.8 Å². The number of nitrogens with zero attached hydrogens (tertiary/aromatic N) is 1. The van der Waals surface area contributed by atoms with Crippen LogP contribution in [0.2, 0.25) is 0 Å². The van der Waals surface area contributed by atoms with Crippen LogP contribution in [0.1, 0.15) is 13.3 Å². The van der Waals surface area contributed by atoms with Crippen LogP contribution in [0, 0.1) is 5.92 Å². The first kappa shape index (κ1) is 13.2. The summed E-state index contributed by atoms with van der Waals surface area (Å²) in [6, 6.07) is 5.48. The van der Waals surface area contributed by atoms with Crippen LogP contribution in [-0.2, 0) is 0 Å². The minimum atomic E-state index is -0.0382. The molecule has 4 nitrogen and oxygen atoms in total. The number of carbonyl (C=O) groups excluding carboxylic acids is 1. The van der Waals surface area contributed by atoms with Crippen molar-refractivity contribution in [1.29, 1.82) is 0 Å². The quantitative estimate of drug-likeness (QED) is 0.910. The fraction of sp³-hybridized carbons (Fsp3) is 0.462. The minimum absolute atomic E-state index is 0.0382. The van der Waals surface area contributed by atoms with Gasteiger partial charge < -0.3 is 15.0 Å². The number of rotatable bonds is 2. The Bertz CT molecular complexity index is 451. The van der Waals surface area contributed by atoms with E-state index in [0.29, 0.717) is 11.7 Å². The Labute approximate surface area is 115 Å². The molecule has 1 heterocycles. The number of anilines is 1. The SMILES string of the molecule is COc1cc(NC(=O)N2CCC(C)C2)ccc1Br. The van der Waals surface area contributed by atoms with Gasteiger partial charge in [0.05, 0.1) is 11.6 Å². The molecule has 0 saturated carbocycles.